The molecule has 6 rings (SSSR count). The summed E-state index contributed by atoms with van der Waals surface area (Å²) in [4.78, 5) is 20.7. The Balaban J connectivity index is 0.937. The Bertz CT molecular complexity index is 938. The maximum atomic E-state index is 13.4. The van der Waals surface area contributed by atoms with Crippen molar-refractivity contribution in [2.75, 3.05) is 85.5 Å². The molecule has 1 amide bonds. The highest BCUT2D eigenvalue weighted by atomic mass is 35.5. The number of aliphatic hydroxyl groups excluding tert-OH is 1. The summed E-state index contributed by atoms with van der Waals surface area (Å²) in [6.45, 7) is 14.5. The monoisotopic (exact) mass is 656 g/mol. The van der Waals surface area contributed by atoms with Gasteiger partial charge in [-0.15, -0.1) is 11.6 Å². The number of carbonyl (C=O) groups excluding carboxylic acids is 1. The molecule has 5 aliphatic heterocycles. The number of likely N-dealkylation sites (tertiary alicyclic amines) is 1. The molecule has 45 heavy (non-hydrogen) atoms. The van der Waals surface area contributed by atoms with Crippen molar-refractivity contribution in [1.29, 1.82) is 0 Å². The summed E-state index contributed by atoms with van der Waals surface area (Å²) in [7, 11) is 0. The van der Waals surface area contributed by atoms with Crippen LogP contribution in [0.2, 0.25) is 0 Å². The van der Waals surface area contributed by atoms with E-state index < -0.39 is 6.10 Å². The van der Waals surface area contributed by atoms with Gasteiger partial charge in [0.2, 0.25) is 5.91 Å². The number of ether oxygens (including phenoxy) is 3. The molecule has 0 aromatic heterocycles. The molecule has 9 atom stereocenters. The van der Waals surface area contributed by atoms with Gasteiger partial charge in [-0.3, -0.25) is 35.9 Å². The van der Waals surface area contributed by atoms with E-state index in [2.05, 4.69) is 55.1 Å². The molecular formula is C31H57ClN8O5. The molecule has 6 aliphatic rings. The molecule has 14 heteroatoms. The van der Waals surface area contributed by atoms with Crippen molar-refractivity contribution in [2.45, 2.75) is 93.8 Å². The first kappa shape index (κ1) is 34.2. The first-order chi connectivity index (χ1) is 21.8. The highest BCUT2D eigenvalue weighted by Crippen LogP contribution is 2.40. The second kappa shape index (κ2) is 16.1. The number of rotatable bonds is 12. The zero-order valence-electron chi connectivity index (χ0n) is 27.2. The fraction of sp³-hybridized carbons (Fsp3) is 0.968. The number of fused-ring (bicyclic) bond motifs is 1. The Hall–Kier alpha value is -0.680. The van der Waals surface area contributed by atoms with Gasteiger partial charge < -0.3 is 29.5 Å². The van der Waals surface area contributed by atoms with Crippen LogP contribution in [0.4, 0.5) is 0 Å². The molecule has 0 aromatic carbocycles. The molecular weight excluding hydrogens is 600 g/mol. The maximum Gasteiger partial charge on any atom is 0.237 e. The van der Waals surface area contributed by atoms with Gasteiger partial charge in [-0.25, -0.2) is 0 Å². The van der Waals surface area contributed by atoms with Crippen LogP contribution < -0.4 is 26.6 Å². The average molecular weight is 657 g/mol. The number of nitrogens with zero attached hydrogens (tertiary/aromatic N) is 3. The van der Waals surface area contributed by atoms with E-state index in [0.717, 1.165) is 65.1 Å². The average Bonchev–Trinajstić information content (AvgIpc) is 3.55. The van der Waals surface area contributed by atoms with Crippen molar-refractivity contribution in [3.05, 3.63) is 0 Å². The lowest BCUT2D eigenvalue weighted by Gasteiger charge is -2.47. The quantitative estimate of drug-likeness (QED) is 0.140. The third-order valence-electron chi connectivity index (χ3n) is 10.8. The lowest BCUT2D eigenvalue weighted by atomic mass is 9.73. The van der Waals surface area contributed by atoms with Crippen molar-refractivity contribution in [3.8, 4) is 0 Å². The van der Waals surface area contributed by atoms with Gasteiger partial charge in [0.1, 0.15) is 6.29 Å². The highest BCUT2D eigenvalue weighted by Gasteiger charge is 2.42. The summed E-state index contributed by atoms with van der Waals surface area (Å²) < 4.78 is 17.2. The number of β-amino-alcohol motifs (C(OH)–C–C–N with tert-alkyl or cyclic N) is 1. The van der Waals surface area contributed by atoms with E-state index in [1.54, 1.807) is 0 Å². The number of piperazine rings is 1. The molecule has 0 spiro atoms. The maximum absolute atomic E-state index is 13.4. The van der Waals surface area contributed by atoms with Crippen LogP contribution in [0, 0.1) is 11.8 Å². The van der Waals surface area contributed by atoms with Crippen LogP contribution in [0.5, 0.6) is 0 Å². The molecule has 6 N–H and O–H groups in total. The van der Waals surface area contributed by atoms with Gasteiger partial charge in [0.05, 0.1) is 68.5 Å². The van der Waals surface area contributed by atoms with Crippen LogP contribution in [0.3, 0.4) is 0 Å². The normalized spacial score (nSPS) is 38.2. The SMILES string of the molecule is CC(C)N1CCN(C2NC(NC3COC3)CC(C(=O)NC[C@H](O)CN3CCC4C(CCC(OCC5CNCO5)C4Cl)C3)N2)CC1. The summed E-state index contributed by atoms with van der Waals surface area (Å²) >= 11 is 6.96. The predicted octanol–water partition coefficient (Wildman–Crippen LogP) is -1.29. The number of hydrogen-bond donors (Lipinski definition) is 6. The molecule has 1 aliphatic carbocycles. The second-order valence-corrected chi connectivity index (χ2v) is 14.8. The molecule has 258 valence electrons. The Morgan fingerprint density at radius 1 is 1.11 bits per heavy atom. The van der Waals surface area contributed by atoms with Crippen molar-refractivity contribution in [1.82, 2.24) is 41.3 Å². The molecule has 0 radical (unpaired) electrons. The van der Waals surface area contributed by atoms with E-state index >= 15 is 0 Å². The topological polar surface area (TPSA) is 135 Å². The van der Waals surface area contributed by atoms with Crippen molar-refractivity contribution >= 4 is 17.5 Å². The lowest BCUT2D eigenvalue weighted by Crippen LogP contribution is -2.73. The van der Waals surface area contributed by atoms with E-state index in [0.29, 0.717) is 63.4 Å². The summed E-state index contributed by atoms with van der Waals surface area (Å²) in [6, 6.07) is 0.500. The van der Waals surface area contributed by atoms with Gasteiger partial charge >= 0.3 is 0 Å². The molecule has 13 nitrogen and oxygen atoms in total. The van der Waals surface area contributed by atoms with Crippen LogP contribution >= 0.6 is 11.6 Å². The number of alkyl halides is 1. The van der Waals surface area contributed by atoms with Gasteiger partial charge in [0.15, 0.2) is 0 Å². The van der Waals surface area contributed by atoms with Crippen LogP contribution in [0.15, 0.2) is 0 Å². The number of amides is 1. The summed E-state index contributed by atoms with van der Waals surface area (Å²) in [6.07, 6.45) is 3.17. The van der Waals surface area contributed by atoms with Gasteiger partial charge in [-0.05, 0) is 51.5 Å². The van der Waals surface area contributed by atoms with Gasteiger partial charge in [0, 0.05) is 64.8 Å². The van der Waals surface area contributed by atoms with Gasteiger partial charge in [0.25, 0.3) is 0 Å². The Kier molecular flexibility index (Phi) is 12.3. The fourth-order valence-electron chi connectivity index (χ4n) is 7.94. The van der Waals surface area contributed by atoms with Crippen LogP contribution in [-0.4, -0.2) is 165 Å². The first-order valence-corrected chi connectivity index (χ1v) is 17.9. The minimum absolute atomic E-state index is 0.00884. The summed E-state index contributed by atoms with van der Waals surface area (Å²) in [5, 5.41) is 28.1. The molecule has 1 saturated carbocycles. The van der Waals surface area contributed by atoms with Crippen molar-refractivity contribution < 1.29 is 24.1 Å². The number of halogens is 1. The van der Waals surface area contributed by atoms with E-state index in [9.17, 15) is 9.90 Å². The van der Waals surface area contributed by atoms with Crippen LogP contribution in [0.25, 0.3) is 0 Å². The van der Waals surface area contributed by atoms with E-state index in [1.807, 2.05) is 0 Å². The number of piperidine rings is 1. The Morgan fingerprint density at radius 2 is 1.93 bits per heavy atom. The van der Waals surface area contributed by atoms with Crippen molar-refractivity contribution in [3.63, 3.8) is 0 Å². The third-order valence-corrected chi connectivity index (χ3v) is 11.4. The smallest absolute Gasteiger partial charge is 0.237 e. The highest BCUT2D eigenvalue weighted by molar-refractivity contribution is 6.21. The second-order valence-electron chi connectivity index (χ2n) is 14.3. The van der Waals surface area contributed by atoms with Crippen LogP contribution in [-0.2, 0) is 19.0 Å². The molecule has 8 unspecified atom stereocenters. The summed E-state index contributed by atoms with van der Waals surface area (Å²) in [5.41, 5.74) is 0. The zero-order valence-corrected chi connectivity index (χ0v) is 27.9. The van der Waals surface area contributed by atoms with E-state index in [4.69, 9.17) is 25.8 Å². The molecule has 5 heterocycles. The fourth-order valence-corrected chi connectivity index (χ4v) is 8.47. The number of hydrogen-bond acceptors (Lipinski definition) is 12. The van der Waals surface area contributed by atoms with Crippen molar-refractivity contribution in [2.24, 2.45) is 11.8 Å². The largest absolute Gasteiger partial charge is 0.390 e. The van der Waals surface area contributed by atoms with E-state index in [1.165, 1.54) is 0 Å². The molecule has 6 fully saturated rings. The number of carbonyl (C=O) groups is 1. The number of aliphatic hydroxyl groups is 1. The van der Waals surface area contributed by atoms with E-state index in [-0.39, 0.29) is 48.5 Å². The standard InChI is InChI=1S/C31H57ClN8O5/c1-20(2)39-7-9-40(10-8-39)31-36-26(11-28(37-31)35-22-16-43-17-22)30(42)34-12-23(41)15-38-6-5-25-21(14-38)3-4-27(29(25)32)44-18-24-13-33-19-45-24/h20-29,31,33,35-37,41H,3-19H2,1-2H3,(H,34,42)/t21?,23-,24?,25?,26?,27?,28?,29?,31?/m0/s1. The van der Waals surface area contributed by atoms with Gasteiger partial charge in [-0.1, -0.05) is 0 Å². The molecule has 0 bridgehead atoms. The summed E-state index contributed by atoms with van der Waals surface area (Å²) in [5.74, 6) is 0.886. The molecule has 0 aromatic rings. The number of nitrogens with one attached hydrogen (secondary N) is 5. The first-order valence-electron chi connectivity index (χ1n) is 17.4. The lowest BCUT2D eigenvalue weighted by molar-refractivity contribution is -0.126. The predicted molar refractivity (Wildman–Crippen MR) is 172 cm³/mol. The Morgan fingerprint density at radius 3 is 2.64 bits per heavy atom. The third kappa shape index (κ3) is 9.07. The zero-order chi connectivity index (χ0) is 31.3. The minimum atomic E-state index is -0.625. The Labute approximate surface area is 273 Å². The van der Waals surface area contributed by atoms with Crippen LogP contribution in [0.1, 0.15) is 39.5 Å². The minimum Gasteiger partial charge on any atom is -0.390 e. The van der Waals surface area contributed by atoms with Gasteiger partial charge in [-0.2, -0.15) is 0 Å². The molecule has 5 saturated heterocycles.